The van der Waals surface area contributed by atoms with E-state index in [1.165, 1.54) is 18.4 Å². The zero-order chi connectivity index (χ0) is 21.3. The average molecular weight is 841 g/mol. The van der Waals surface area contributed by atoms with Crippen molar-refractivity contribution in [3.8, 4) is 0 Å². The van der Waals surface area contributed by atoms with E-state index in [0.29, 0.717) is 6.04 Å². The topological polar surface area (TPSA) is 58.5 Å². The quantitative estimate of drug-likeness (QED) is 0.330. The van der Waals surface area contributed by atoms with Crippen molar-refractivity contribution in [3.63, 3.8) is 0 Å². The van der Waals surface area contributed by atoms with E-state index in [2.05, 4.69) is 44.1 Å². The van der Waals surface area contributed by atoms with Crippen LogP contribution in [0.25, 0.3) is 0 Å². The number of nitrogens with zero attached hydrogens (tertiary/aromatic N) is 1. The van der Waals surface area contributed by atoms with Crippen LogP contribution in [0, 0.1) is 79.6 Å². The maximum atomic E-state index is 11.5. The van der Waals surface area contributed by atoms with E-state index in [1.54, 1.807) is 27.0 Å². The second-order valence-corrected chi connectivity index (χ2v) is 7.84. The summed E-state index contributed by atoms with van der Waals surface area (Å²) in [7, 11) is 0. The Morgan fingerprint density at radius 1 is 1.14 bits per heavy atom. The van der Waals surface area contributed by atoms with Gasteiger partial charge < -0.3 is 16.2 Å². The van der Waals surface area contributed by atoms with E-state index < -0.39 is 5.54 Å². The van der Waals surface area contributed by atoms with Gasteiger partial charge in [-0.1, -0.05) is 41.5 Å². The maximum Gasteiger partial charge on any atom is 0.153 e. The van der Waals surface area contributed by atoms with Crippen molar-refractivity contribution in [2.75, 3.05) is 0 Å². The standard InChI is InChI=1S/C11H20NO.C6H11NO.C5H9.2U/c1-7-10(4,5)8(2)12-11(7,6)9(3)13;1-4-7-5(2)6(3)8;1-4-5(2)3;;/h8,12H,1-6H3;4-5H,1-3H3;1-3H3;;/q-1;;-1;;. The Balaban J connectivity index is -0.000000167. The minimum atomic E-state index is -0.414. The van der Waals surface area contributed by atoms with Gasteiger partial charge in [0.05, 0.1) is 0 Å². The normalized spacial score (nSPS) is 23.6. The van der Waals surface area contributed by atoms with Gasteiger partial charge in [-0.05, 0) is 45.5 Å². The van der Waals surface area contributed by atoms with Crippen LogP contribution in [0.2, 0.25) is 0 Å². The van der Waals surface area contributed by atoms with Gasteiger partial charge in [0.15, 0.2) is 5.78 Å². The van der Waals surface area contributed by atoms with Crippen LogP contribution in [0.5, 0.6) is 0 Å². The Morgan fingerprint density at radius 2 is 1.54 bits per heavy atom. The molecule has 0 aliphatic carbocycles. The fourth-order valence-corrected chi connectivity index (χ4v) is 2.39. The first-order chi connectivity index (χ1) is 11.7. The SMILES string of the molecule is CC(=O)C1(C)NC(C)C(C)(C)[C-]1C.CC=NC(C)C(C)=O.C[C-]=C(C)C.[U].[U]. The van der Waals surface area contributed by atoms with Crippen molar-refractivity contribution in [1.82, 2.24) is 5.32 Å². The van der Waals surface area contributed by atoms with E-state index >= 15 is 0 Å². The maximum absolute atomic E-state index is 11.5. The Morgan fingerprint density at radius 3 is 1.64 bits per heavy atom. The Hall–Kier alpha value is 0.814. The molecule has 0 saturated carbocycles. The van der Waals surface area contributed by atoms with Crippen molar-refractivity contribution < 1.29 is 71.8 Å². The summed E-state index contributed by atoms with van der Waals surface area (Å²) in [6.07, 6.45) is 4.59. The number of rotatable bonds is 3. The number of Topliss-reactive ketones (excluding diaryl/α,β-unsaturated/α-hetero) is 2. The molecule has 1 heterocycles. The molecule has 160 valence electrons. The van der Waals surface area contributed by atoms with Gasteiger partial charge in [-0.25, -0.2) is 0 Å². The molecule has 0 radical (unpaired) electrons. The summed E-state index contributed by atoms with van der Waals surface area (Å²) in [6.45, 7) is 23.3. The molecule has 28 heavy (non-hydrogen) atoms. The number of carbonyl (C=O) groups excluding carboxylic acids is 2. The summed E-state index contributed by atoms with van der Waals surface area (Å²) < 4.78 is 0. The molecule has 1 N–H and O–H groups in total. The van der Waals surface area contributed by atoms with Gasteiger partial charge in [0.1, 0.15) is 11.8 Å². The molecule has 1 rings (SSSR count). The first kappa shape index (κ1) is 36.2. The summed E-state index contributed by atoms with van der Waals surface area (Å²) in [5.41, 5.74) is 0.952. The first-order valence-electron chi connectivity index (χ1n) is 9.27. The molecular formula is C22H40N2O2U2-2. The largest absolute Gasteiger partial charge is 0.501 e. The average Bonchev–Trinajstić information content (AvgIpc) is 2.69. The molecule has 0 aromatic heterocycles. The smallest absolute Gasteiger partial charge is 0.153 e. The summed E-state index contributed by atoms with van der Waals surface area (Å²) in [4.78, 5) is 25.8. The monoisotopic (exact) mass is 840 g/mol. The minimum absolute atomic E-state index is 0. The molecule has 3 atom stereocenters. The summed E-state index contributed by atoms with van der Waals surface area (Å²) in [6, 6.07) is 0.210. The molecule has 1 saturated heterocycles. The van der Waals surface area contributed by atoms with Gasteiger partial charge in [0, 0.05) is 62.2 Å². The van der Waals surface area contributed by atoms with E-state index in [-0.39, 0.29) is 85.2 Å². The molecular weight excluding hydrogens is 800 g/mol. The molecule has 0 aromatic rings. The van der Waals surface area contributed by atoms with Crippen LogP contribution in [0.15, 0.2) is 10.6 Å². The van der Waals surface area contributed by atoms with Crippen LogP contribution in [-0.4, -0.2) is 35.4 Å². The van der Waals surface area contributed by atoms with Crippen LogP contribution in [-0.2, 0) is 9.59 Å². The van der Waals surface area contributed by atoms with E-state index in [9.17, 15) is 9.59 Å². The summed E-state index contributed by atoms with van der Waals surface area (Å²) in [5.74, 6) is 1.57. The van der Waals surface area contributed by atoms with Gasteiger partial charge in [-0.3, -0.25) is 21.3 Å². The van der Waals surface area contributed by atoms with Gasteiger partial charge in [-0.2, -0.15) is 13.8 Å². The second-order valence-electron chi connectivity index (χ2n) is 7.84. The molecule has 0 aromatic carbocycles. The van der Waals surface area contributed by atoms with Crippen molar-refractivity contribution >= 4 is 17.8 Å². The fraction of sp³-hybridized carbons (Fsp3) is 0.727. The second kappa shape index (κ2) is 16.5. The molecule has 6 heteroatoms. The van der Waals surface area contributed by atoms with Gasteiger partial charge in [-0.15, -0.1) is 5.41 Å². The number of carbonyl (C=O) groups is 2. The molecule has 1 fully saturated rings. The predicted octanol–water partition coefficient (Wildman–Crippen LogP) is 4.78. The third kappa shape index (κ3) is 11.9. The van der Waals surface area contributed by atoms with Crippen molar-refractivity contribution in [2.24, 2.45) is 10.4 Å². The zero-order valence-electron chi connectivity index (χ0n) is 20.0. The van der Waals surface area contributed by atoms with Crippen LogP contribution < -0.4 is 5.32 Å². The minimum Gasteiger partial charge on any atom is -0.501 e. The van der Waals surface area contributed by atoms with Crippen LogP contribution in [0.1, 0.15) is 83.1 Å². The van der Waals surface area contributed by atoms with Gasteiger partial charge >= 0.3 is 0 Å². The zero-order valence-corrected chi connectivity index (χ0v) is 28.3. The van der Waals surface area contributed by atoms with Crippen LogP contribution in [0.3, 0.4) is 0 Å². The van der Waals surface area contributed by atoms with Gasteiger partial charge in [0.2, 0.25) is 0 Å². The van der Waals surface area contributed by atoms with Crippen LogP contribution in [0.4, 0.5) is 0 Å². The van der Waals surface area contributed by atoms with Crippen molar-refractivity contribution in [2.45, 2.75) is 101 Å². The molecule has 0 bridgehead atoms. The van der Waals surface area contributed by atoms with E-state index in [0.717, 1.165) is 0 Å². The number of ketones is 2. The molecule has 1 aliphatic heterocycles. The molecule has 0 spiro atoms. The number of hydrogen-bond acceptors (Lipinski definition) is 4. The van der Waals surface area contributed by atoms with Crippen LogP contribution >= 0.6 is 0 Å². The number of aliphatic imine (C=N–C) groups is 1. The third-order valence-corrected chi connectivity index (χ3v) is 5.47. The summed E-state index contributed by atoms with van der Waals surface area (Å²) >= 11 is 0. The van der Waals surface area contributed by atoms with E-state index in [1.807, 2.05) is 27.7 Å². The Labute approximate surface area is 221 Å². The summed E-state index contributed by atoms with van der Waals surface area (Å²) in [5, 5.41) is 3.38. The fourth-order valence-electron chi connectivity index (χ4n) is 2.39. The number of hydrogen-bond donors (Lipinski definition) is 1. The first-order valence-corrected chi connectivity index (χ1v) is 9.27. The number of nitrogens with one attached hydrogen (secondary N) is 1. The van der Waals surface area contributed by atoms with Gasteiger partial charge in [0.25, 0.3) is 0 Å². The molecule has 4 nitrogen and oxygen atoms in total. The van der Waals surface area contributed by atoms with Crippen molar-refractivity contribution in [3.05, 3.63) is 17.6 Å². The number of allylic oxidation sites excluding steroid dienone is 2. The molecule has 0 amide bonds. The van der Waals surface area contributed by atoms with E-state index in [4.69, 9.17) is 0 Å². The Bertz CT molecular complexity index is 527. The van der Waals surface area contributed by atoms with Crippen molar-refractivity contribution in [1.29, 1.82) is 0 Å². The predicted molar refractivity (Wildman–Crippen MR) is 112 cm³/mol. The molecule has 3 unspecified atom stereocenters. The molecule has 1 aliphatic rings. The third-order valence-electron chi connectivity index (χ3n) is 5.47. The Kier molecular flexibility index (Phi) is 21.3.